The average molecular weight is 404 g/mol. The number of aryl methyl sites for hydroxylation is 4. The third-order valence-electron chi connectivity index (χ3n) is 5.26. The molecule has 0 fully saturated rings. The zero-order valence-corrected chi connectivity index (χ0v) is 18.1. The molecule has 0 aliphatic carbocycles. The van der Waals surface area contributed by atoms with Crippen molar-refractivity contribution < 1.29 is 4.79 Å². The van der Waals surface area contributed by atoms with E-state index < -0.39 is 0 Å². The van der Waals surface area contributed by atoms with Gasteiger partial charge in [0.2, 0.25) is 0 Å². The number of carbonyl (C=O) groups is 1. The number of rotatable bonds is 5. The molecule has 2 aromatic heterocycles. The number of carbonyl (C=O) groups excluding carboxylic acids is 1. The van der Waals surface area contributed by atoms with Crippen molar-refractivity contribution in [2.45, 2.75) is 40.7 Å². The number of amides is 1. The molecular weight excluding hydrogens is 378 g/mol. The summed E-state index contributed by atoms with van der Waals surface area (Å²) < 4.78 is 2.00. The summed E-state index contributed by atoms with van der Waals surface area (Å²) in [5.41, 5.74) is 6.56. The van der Waals surface area contributed by atoms with E-state index in [0.717, 1.165) is 39.1 Å². The zero-order chi connectivity index (χ0) is 20.5. The maximum absolute atomic E-state index is 13.0. The Bertz CT molecular complexity index is 1190. The monoisotopic (exact) mass is 403 g/mol. The summed E-state index contributed by atoms with van der Waals surface area (Å²) in [6.07, 6.45) is 0.883. The van der Waals surface area contributed by atoms with Gasteiger partial charge in [-0.25, -0.2) is 0 Å². The van der Waals surface area contributed by atoms with E-state index in [1.165, 1.54) is 22.5 Å². The molecule has 0 spiro atoms. The van der Waals surface area contributed by atoms with Gasteiger partial charge in [0, 0.05) is 11.1 Å². The molecule has 4 aromatic rings. The van der Waals surface area contributed by atoms with Crippen molar-refractivity contribution in [2.24, 2.45) is 0 Å². The molecule has 1 amide bonds. The Morgan fingerprint density at radius 1 is 1.10 bits per heavy atom. The van der Waals surface area contributed by atoms with Crippen LogP contribution in [0.25, 0.3) is 10.2 Å². The summed E-state index contributed by atoms with van der Waals surface area (Å²) >= 11 is 1.50. The Kier molecular flexibility index (Phi) is 5.24. The molecule has 5 heteroatoms. The van der Waals surface area contributed by atoms with Crippen molar-refractivity contribution in [1.29, 1.82) is 0 Å². The number of hydrogen-bond acceptors (Lipinski definition) is 3. The molecule has 4 rings (SSSR count). The lowest BCUT2D eigenvalue weighted by Crippen LogP contribution is -2.13. The van der Waals surface area contributed by atoms with Crippen LogP contribution in [0.4, 0.5) is 5.69 Å². The predicted molar refractivity (Wildman–Crippen MR) is 121 cm³/mol. The van der Waals surface area contributed by atoms with Gasteiger partial charge in [0.05, 0.1) is 17.1 Å². The summed E-state index contributed by atoms with van der Waals surface area (Å²) in [4.78, 5) is 14.7. The van der Waals surface area contributed by atoms with E-state index in [2.05, 4.69) is 54.6 Å². The standard InChI is InChI=1S/C24H25N3OS/c1-5-19-8-6-7-16(3)22(19)25-23(28)21-13-20-17(4)26-27(24(20)29-21)14-18-11-9-15(2)10-12-18/h6-13H,5,14H2,1-4H3,(H,25,28). The fraction of sp³-hybridized carbons (Fsp3) is 0.250. The van der Waals surface area contributed by atoms with Crippen molar-refractivity contribution in [3.05, 3.63) is 81.4 Å². The van der Waals surface area contributed by atoms with Crippen LogP contribution in [0.15, 0.2) is 48.5 Å². The van der Waals surface area contributed by atoms with Gasteiger partial charge in [0.25, 0.3) is 5.91 Å². The number of anilines is 1. The molecule has 0 unspecified atom stereocenters. The largest absolute Gasteiger partial charge is 0.321 e. The summed E-state index contributed by atoms with van der Waals surface area (Å²) in [5, 5.41) is 8.87. The molecule has 0 saturated carbocycles. The minimum atomic E-state index is -0.0588. The first kappa shape index (κ1) is 19.4. The van der Waals surface area contributed by atoms with E-state index in [0.29, 0.717) is 11.4 Å². The number of hydrogen-bond donors (Lipinski definition) is 1. The van der Waals surface area contributed by atoms with Crippen LogP contribution < -0.4 is 5.32 Å². The molecule has 2 aromatic carbocycles. The van der Waals surface area contributed by atoms with Crippen LogP contribution >= 0.6 is 11.3 Å². The normalized spacial score (nSPS) is 11.2. The van der Waals surface area contributed by atoms with Crippen LogP contribution in [-0.2, 0) is 13.0 Å². The van der Waals surface area contributed by atoms with Gasteiger partial charge in [-0.1, -0.05) is 55.0 Å². The van der Waals surface area contributed by atoms with E-state index in [-0.39, 0.29) is 5.91 Å². The Morgan fingerprint density at radius 2 is 1.86 bits per heavy atom. The predicted octanol–water partition coefficient (Wildman–Crippen LogP) is 5.89. The van der Waals surface area contributed by atoms with E-state index in [1.807, 2.05) is 36.7 Å². The highest BCUT2D eigenvalue weighted by atomic mass is 32.1. The van der Waals surface area contributed by atoms with E-state index in [1.54, 1.807) is 0 Å². The maximum Gasteiger partial charge on any atom is 0.265 e. The smallest absolute Gasteiger partial charge is 0.265 e. The van der Waals surface area contributed by atoms with Gasteiger partial charge in [-0.2, -0.15) is 5.10 Å². The third kappa shape index (κ3) is 3.83. The Balaban J connectivity index is 1.64. The van der Waals surface area contributed by atoms with Gasteiger partial charge < -0.3 is 5.32 Å². The number of nitrogens with zero attached hydrogens (tertiary/aromatic N) is 2. The molecule has 0 radical (unpaired) electrons. The fourth-order valence-corrected chi connectivity index (χ4v) is 4.63. The van der Waals surface area contributed by atoms with Crippen molar-refractivity contribution in [1.82, 2.24) is 9.78 Å². The molecule has 0 aliphatic rings. The number of benzene rings is 2. The van der Waals surface area contributed by atoms with Crippen LogP contribution in [0.2, 0.25) is 0 Å². The number of para-hydroxylation sites is 1. The lowest BCUT2D eigenvalue weighted by molar-refractivity contribution is 0.103. The molecule has 29 heavy (non-hydrogen) atoms. The number of aromatic nitrogens is 2. The average Bonchev–Trinajstić information content (AvgIpc) is 3.27. The van der Waals surface area contributed by atoms with E-state index >= 15 is 0 Å². The third-order valence-corrected chi connectivity index (χ3v) is 6.41. The highest BCUT2D eigenvalue weighted by molar-refractivity contribution is 7.20. The summed E-state index contributed by atoms with van der Waals surface area (Å²) in [7, 11) is 0. The first-order valence-electron chi connectivity index (χ1n) is 9.88. The van der Waals surface area contributed by atoms with Crippen molar-refractivity contribution in [3.8, 4) is 0 Å². The molecule has 0 saturated heterocycles. The van der Waals surface area contributed by atoms with Crippen LogP contribution in [0.1, 0.15) is 44.5 Å². The molecular formula is C24H25N3OS. The van der Waals surface area contributed by atoms with Gasteiger partial charge in [-0.15, -0.1) is 11.3 Å². The summed E-state index contributed by atoms with van der Waals surface area (Å²) in [6, 6.07) is 16.6. The first-order valence-corrected chi connectivity index (χ1v) is 10.7. The van der Waals surface area contributed by atoms with E-state index in [9.17, 15) is 4.79 Å². The maximum atomic E-state index is 13.0. The minimum absolute atomic E-state index is 0.0588. The van der Waals surface area contributed by atoms with Gasteiger partial charge in [-0.05, 0) is 49.9 Å². The second-order valence-corrected chi connectivity index (χ2v) is 8.51. The Hall–Kier alpha value is -2.92. The number of thiophene rings is 1. The highest BCUT2D eigenvalue weighted by Gasteiger charge is 2.18. The molecule has 0 bridgehead atoms. The lowest BCUT2D eigenvalue weighted by atomic mass is 10.1. The van der Waals surface area contributed by atoms with Crippen LogP contribution in [0.3, 0.4) is 0 Å². The SMILES string of the molecule is CCc1cccc(C)c1NC(=O)c1cc2c(C)nn(Cc3ccc(C)cc3)c2s1. The molecule has 4 nitrogen and oxygen atoms in total. The molecule has 0 aliphatic heterocycles. The summed E-state index contributed by atoms with van der Waals surface area (Å²) in [5.74, 6) is -0.0588. The van der Waals surface area contributed by atoms with Crippen LogP contribution in [-0.4, -0.2) is 15.7 Å². The minimum Gasteiger partial charge on any atom is -0.321 e. The topological polar surface area (TPSA) is 46.9 Å². The quantitative estimate of drug-likeness (QED) is 0.452. The van der Waals surface area contributed by atoms with Gasteiger partial charge in [0.1, 0.15) is 4.83 Å². The molecule has 0 atom stereocenters. The van der Waals surface area contributed by atoms with Crippen LogP contribution in [0, 0.1) is 20.8 Å². The van der Waals surface area contributed by atoms with Gasteiger partial charge >= 0.3 is 0 Å². The van der Waals surface area contributed by atoms with Gasteiger partial charge in [0.15, 0.2) is 0 Å². The van der Waals surface area contributed by atoms with Gasteiger partial charge in [-0.3, -0.25) is 9.48 Å². The molecule has 2 heterocycles. The first-order chi connectivity index (χ1) is 14.0. The lowest BCUT2D eigenvalue weighted by Gasteiger charge is -2.12. The number of nitrogens with one attached hydrogen (secondary N) is 1. The summed E-state index contributed by atoms with van der Waals surface area (Å²) in [6.45, 7) is 8.92. The molecule has 148 valence electrons. The second kappa shape index (κ2) is 7.84. The zero-order valence-electron chi connectivity index (χ0n) is 17.2. The van der Waals surface area contributed by atoms with Crippen molar-refractivity contribution in [3.63, 3.8) is 0 Å². The van der Waals surface area contributed by atoms with Crippen LogP contribution in [0.5, 0.6) is 0 Å². The van der Waals surface area contributed by atoms with Crippen molar-refractivity contribution in [2.75, 3.05) is 5.32 Å². The Labute approximate surface area is 175 Å². The van der Waals surface area contributed by atoms with Crippen molar-refractivity contribution >= 4 is 33.1 Å². The van der Waals surface area contributed by atoms with E-state index in [4.69, 9.17) is 0 Å². The number of fused-ring (bicyclic) bond motifs is 1. The molecule has 1 N–H and O–H groups in total. The fourth-order valence-electron chi connectivity index (χ4n) is 3.58. The Morgan fingerprint density at radius 3 is 2.59 bits per heavy atom. The highest BCUT2D eigenvalue weighted by Crippen LogP contribution is 2.30. The second-order valence-electron chi connectivity index (χ2n) is 7.47.